The lowest BCUT2D eigenvalue weighted by molar-refractivity contribution is -0.122. The van der Waals surface area contributed by atoms with Crippen LogP contribution in [0.1, 0.15) is 37.4 Å². The number of nitrogens with zero attached hydrogens (tertiary/aromatic N) is 2. The van der Waals surface area contributed by atoms with E-state index in [1.54, 1.807) is 6.20 Å². The van der Waals surface area contributed by atoms with E-state index in [1.165, 1.54) is 11.3 Å². The number of aromatic nitrogens is 1. The third-order valence-corrected chi connectivity index (χ3v) is 4.12. The van der Waals surface area contributed by atoms with Crippen molar-refractivity contribution in [1.29, 1.82) is 0 Å². The molecule has 1 atom stereocenters. The van der Waals surface area contributed by atoms with Crippen LogP contribution in [0.4, 0.5) is 5.69 Å². The molecule has 24 heavy (non-hydrogen) atoms. The van der Waals surface area contributed by atoms with Crippen molar-refractivity contribution in [3.63, 3.8) is 0 Å². The lowest BCUT2D eigenvalue weighted by atomic mass is 9.97. The van der Waals surface area contributed by atoms with Crippen LogP contribution in [0.15, 0.2) is 48.8 Å². The Kier molecular flexibility index (Phi) is 6.36. The van der Waals surface area contributed by atoms with Crippen molar-refractivity contribution < 1.29 is 4.79 Å². The van der Waals surface area contributed by atoms with Crippen molar-refractivity contribution in [1.82, 2.24) is 10.3 Å². The Morgan fingerprint density at radius 1 is 1.17 bits per heavy atom. The lowest BCUT2D eigenvalue weighted by Gasteiger charge is -2.22. The third kappa shape index (κ3) is 5.08. The minimum atomic E-state index is 0.00215. The van der Waals surface area contributed by atoms with Gasteiger partial charge in [-0.2, -0.15) is 0 Å². The van der Waals surface area contributed by atoms with Crippen molar-refractivity contribution in [2.75, 3.05) is 19.0 Å². The summed E-state index contributed by atoms with van der Waals surface area (Å²) in [6.45, 7) is 4.22. The van der Waals surface area contributed by atoms with Gasteiger partial charge in [-0.25, -0.2) is 0 Å². The summed E-state index contributed by atoms with van der Waals surface area (Å²) >= 11 is 0. The van der Waals surface area contributed by atoms with E-state index in [-0.39, 0.29) is 11.9 Å². The molecule has 0 aliphatic carbocycles. The van der Waals surface area contributed by atoms with E-state index < -0.39 is 0 Å². The number of carbonyl (C=O) groups excluding carboxylic acids is 1. The number of benzene rings is 1. The Balaban J connectivity index is 1.92. The summed E-state index contributed by atoms with van der Waals surface area (Å²) in [5.74, 6) is 0.395. The van der Waals surface area contributed by atoms with Crippen LogP contribution < -0.4 is 10.2 Å². The maximum Gasteiger partial charge on any atom is 0.220 e. The van der Waals surface area contributed by atoms with E-state index in [0.29, 0.717) is 12.3 Å². The molecule has 4 nitrogen and oxygen atoms in total. The number of nitrogens with one attached hydrogen (secondary N) is 1. The second-order valence-corrected chi connectivity index (χ2v) is 6.64. The van der Waals surface area contributed by atoms with Gasteiger partial charge in [-0.05, 0) is 41.7 Å². The van der Waals surface area contributed by atoms with Crippen LogP contribution in [0.3, 0.4) is 0 Å². The molecule has 0 aliphatic heterocycles. The van der Waals surface area contributed by atoms with Gasteiger partial charge in [0.05, 0.1) is 6.04 Å². The summed E-state index contributed by atoms with van der Waals surface area (Å²) in [7, 11) is 4.04. The predicted octanol–water partition coefficient (Wildman–Crippen LogP) is 3.59. The van der Waals surface area contributed by atoms with Gasteiger partial charge in [-0.1, -0.05) is 32.0 Å². The number of hydrogen-bond acceptors (Lipinski definition) is 3. The van der Waals surface area contributed by atoms with E-state index in [1.807, 2.05) is 32.4 Å². The largest absolute Gasteiger partial charge is 0.378 e. The van der Waals surface area contributed by atoms with Crippen LogP contribution in [0.2, 0.25) is 0 Å². The highest BCUT2D eigenvalue weighted by Gasteiger charge is 2.18. The van der Waals surface area contributed by atoms with Gasteiger partial charge in [-0.15, -0.1) is 0 Å². The zero-order valence-electron chi connectivity index (χ0n) is 15.0. The van der Waals surface area contributed by atoms with Crippen molar-refractivity contribution in [2.24, 2.45) is 5.92 Å². The van der Waals surface area contributed by atoms with E-state index in [0.717, 1.165) is 12.0 Å². The zero-order chi connectivity index (χ0) is 17.5. The van der Waals surface area contributed by atoms with Crippen LogP contribution in [0, 0.1) is 5.92 Å². The van der Waals surface area contributed by atoms with Crippen molar-refractivity contribution >= 4 is 11.6 Å². The maximum atomic E-state index is 12.3. The highest BCUT2D eigenvalue weighted by Crippen LogP contribution is 2.21. The van der Waals surface area contributed by atoms with Crippen molar-refractivity contribution in [2.45, 2.75) is 32.7 Å². The van der Waals surface area contributed by atoms with Crippen LogP contribution in [-0.2, 0) is 11.2 Å². The Bertz CT molecular complexity index is 636. The van der Waals surface area contributed by atoms with Crippen molar-refractivity contribution in [3.8, 4) is 0 Å². The third-order valence-electron chi connectivity index (χ3n) is 4.12. The van der Waals surface area contributed by atoms with Gasteiger partial charge < -0.3 is 10.2 Å². The first-order valence-corrected chi connectivity index (χ1v) is 8.43. The Labute approximate surface area is 144 Å². The predicted molar refractivity (Wildman–Crippen MR) is 99.0 cm³/mol. The number of hydrogen-bond donors (Lipinski definition) is 1. The van der Waals surface area contributed by atoms with Gasteiger partial charge in [0, 0.05) is 38.6 Å². The van der Waals surface area contributed by atoms with Crippen molar-refractivity contribution in [3.05, 3.63) is 59.9 Å². The molecule has 2 rings (SSSR count). The average molecular weight is 325 g/mol. The number of pyridine rings is 1. The molecular formula is C20H27N3O. The molecule has 0 saturated heterocycles. The highest BCUT2D eigenvalue weighted by molar-refractivity contribution is 5.76. The van der Waals surface area contributed by atoms with Gasteiger partial charge in [-0.3, -0.25) is 9.78 Å². The molecule has 128 valence electrons. The Morgan fingerprint density at radius 2 is 1.88 bits per heavy atom. The topological polar surface area (TPSA) is 45.2 Å². The van der Waals surface area contributed by atoms with Gasteiger partial charge >= 0.3 is 0 Å². The molecule has 0 saturated carbocycles. The van der Waals surface area contributed by atoms with Gasteiger partial charge in [0.25, 0.3) is 0 Å². The molecule has 0 bridgehead atoms. The summed E-state index contributed by atoms with van der Waals surface area (Å²) in [6.07, 6.45) is 4.81. The number of amides is 1. The molecule has 0 aliphatic rings. The standard InChI is InChI=1S/C20H27N3O/c1-15(2)20(17-6-5-13-21-14-17)22-19(24)12-9-16-7-10-18(11-8-16)23(3)4/h5-8,10-11,13-15,20H,9,12H2,1-4H3,(H,22,24)/t20-/m0/s1. The number of aryl methyl sites for hydroxylation is 1. The summed E-state index contributed by atoms with van der Waals surface area (Å²) in [4.78, 5) is 18.6. The molecule has 0 unspecified atom stereocenters. The monoisotopic (exact) mass is 325 g/mol. The minimum Gasteiger partial charge on any atom is -0.378 e. The molecule has 2 aromatic rings. The SMILES string of the molecule is CC(C)[C@H](NC(=O)CCc1ccc(N(C)C)cc1)c1cccnc1. The summed E-state index contributed by atoms with van der Waals surface area (Å²) < 4.78 is 0. The first kappa shape index (κ1) is 18.0. The molecule has 1 amide bonds. The minimum absolute atomic E-state index is 0.00215. The van der Waals surface area contributed by atoms with E-state index in [4.69, 9.17) is 0 Å². The summed E-state index contributed by atoms with van der Waals surface area (Å²) in [5, 5.41) is 3.15. The zero-order valence-corrected chi connectivity index (χ0v) is 15.0. The van der Waals surface area contributed by atoms with Crippen LogP contribution >= 0.6 is 0 Å². The normalized spacial score (nSPS) is 12.0. The smallest absolute Gasteiger partial charge is 0.220 e. The molecular weight excluding hydrogens is 298 g/mol. The molecule has 1 heterocycles. The molecule has 0 fully saturated rings. The molecule has 1 aromatic carbocycles. The quantitative estimate of drug-likeness (QED) is 0.846. The van der Waals surface area contributed by atoms with E-state index in [9.17, 15) is 4.79 Å². The highest BCUT2D eigenvalue weighted by atomic mass is 16.1. The fraction of sp³-hybridized carbons (Fsp3) is 0.400. The fourth-order valence-electron chi connectivity index (χ4n) is 2.66. The van der Waals surface area contributed by atoms with Crippen LogP contribution in [0.25, 0.3) is 0 Å². The van der Waals surface area contributed by atoms with Crippen LogP contribution in [0.5, 0.6) is 0 Å². The summed E-state index contributed by atoms with van der Waals surface area (Å²) in [5.41, 5.74) is 3.40. The molecule has 1 aromatic heterocycles. The van der Waals surface area contributed by atoms with Gasteiger partial charge in [0.15, 0.2) is 0 Å². The van der Waals surface area contributed by atoms with Crippen LogP contribution in [-0.4, -0.2) is 25.0 Å². The average Bonchev–Trinajstić information content (AvgIpc) is 2.58. The number of anilines is 1. The fourth-order valence-corrected chi connectivity index (χ4v) is 2.66. The second-order valence-electron chi connectivity index (χ2n) is 6.64. The molecule has 1 N–H and O–H groups in total. The van der Waals surface area contributed by atoms with Gasteiger partial charge in [0.2, 0.25) is 5.91 Å². The Morgan fingerprint density at radius 3 is 2.42 bits per heavy atom. The maximum absolute atomic E-state index is 12.3. The molecule has 4 heteroatoms. The second kappa shape index (κ2) is 8.48. The summed E-state index contributed by atoms with van der Waals surface area (Å²) in [6, 6.07) is 12.3. The molecule has 0 radical (unpaired) electrons. The lowest BCUT2D eigenvalue weighted by Crippen LogP contribution is -2.31. The molecule has 0 spiro atoms. The van der Waals surface area contributed by atoms with E-state index in [2.05, 4.69) is 53.3 Å². The number of rotatable bonds is 7. The van der Waals surface area contributed by atoms with E-state index >= 15 is 0 Å². The number of carbonyl (C=O) groups is 1. The van der Waals surface area contributed by atoms with Gasteiger partial charge in [0.1, 0.15) is 0 Å². The Hall–Kier alpha value is -2.36. The first-order chi connectivity index (χ1) is 11.5. The first-order valence-electron chi connectivity index (χ1n) is 8.43.